The Balaban J connectivity index is 1.47. The highest BCUT2D eigenvalue weighted by Crippen LogP contribution is 2.57. The van der Waals surface area contributed by atoms with Crippen LogP contribution >= 0.6 is 15.9 Å². The van der Waals surface area contributed by atoms with Crippen molar-refractivity contribution in [3.05, 3.63) is 75.8 Å². The number of halogens is 1. The van der Waals surface area contributed by atoms with E-state index in [2.05, 4.69) is 53.1 Å². The van der Waals surface area contributed by atoms with Gasteiger partial charge < -0.3 is 25.6 Å². The summed E-state index contributed by atoms with van der Waals surface area (Å²) >= 11 is 3.51. The molecule has 6 rings (SSSR count). The van der Waals surface area contributed by atoms with Crippen molar-refractivity contribution in [3.8, 4) is 16.9 Å². The predicted molar refractivity (Wildman–Crippen MR) is 167 cm³/mol. The van der Waals surface area contributed by atoms with E-state index in [1.165, 1.54) is 10.6 Å². The van der Waals surface area contributed by atoms with Crippen LogP contribution in [0.2, 0.25) is 0 Å². The molecule has 2 fully saturated rings. The molecular formula is C33H40BrN3O6. The summed E-state index contributed by atoms with van der Waals surface area (Å²) in [5.74, 6) is -0.329. The molecule has 0 unspecified atom stereocenters. The van der Waals surface area contributed by atoms with Gasteiger partial charge in [-0.25, -0.2) is 0 Å². The minimum absolute atomic E-state index is 0.0575. The number of benzene rings is 2. The Kier molecular flexibility index (Phi) is 8.89. The van der Waals surface area contributed by atoms with Crippen LogP contribution in [-0.2, 0) is 16.2 Å². The summed E-state index contributed by atoms with van der Waals surface area (Å²) in [7, 11) is 3.15. The third-order valence-corrected chi connectivity index (χ3v) is 9.80. The highest BCUT2D eigenvalue weighted by Gasteiger charge is 2.52. The molecule has 0 radical (unpaired) electrons. The van der Waals surface area contributed by atoms with Gasteiger partial charge in [0.1, 0.15) is 17.9 Å². The van der Waals surface area contributed by atoms with E-state index in [0.717, 1.165) is 33.2 Å². The third-order valence-electron chi connectivity index (χ3n) is 9.34. The zero-order chi connectivity index (χ0) is 31.2. The van der Waals surface area contributed by atoms with Crippen LogP contribution in [0.15, 0.2) is 64.7 Å². The number of aliphatic hydroxyl groups excluding tert-OH is 2. The lowest BCUT2D eigenvalue weighted by Crippen LogP contribution is -2.55. The first-order valence-corrected chi connectivity index (χ1v) is 15.3. The standard InChI is InChI=1S/C33H40BrN3O6/c1-17-25-13-22(33(25,3)4)14-26(17)36-32(41)29-28(18(2)39)27(16-38)43-37(29)15-19-8-7-9-24(30(19)42-6)20-10-21(31(40)35-5)12-23(34)11-20/h7-12,14,18,25-29,38-39H,1,13,15-16H2,2-6H3,(H,35,40)(H,36,41)/t18-,25-,26-,27-,28-,29-/m0/s1. The SMILES string of the molecule is C=C1[C@@H](NC(=O)[C@@H]2[C@@H]([C@H](C)O)[C@H](CO)ON2Cc2cccc(-c3cc(Br)cc(C(=O)NC)c3)c2OC)C=C2C[C@@H]1C2(C)C. The number of amides is 2. The highest BCUT2D eigenvalue weighted by molar-refractivity contribution is 9.10. The van der Waals surface area contributed by atoms with Crippen LogP contribution in [0.25, 0.3) is 11.1 Å². The Hall–Kier alpha value is -3.02. The average molecular weight is 655 g/mol. The molecule has 2 aromatic rings. The zero-order valence-electron chi connectivity index (χ0n) is 25.2. The van der Waals surface area contributed by atoms with E-state index in [1.807, 2.05) is 24.3 Å². The van der Waals surface area contributed by atoms with Crippen molar-refractivity contribution >= 4 is 27.7 Å². The molecule has 1 saturated carbocycles. The molecule has 0 spiro atoms. The number of para-hydroxylation sites is 1. The number of allylic oxidation sites excluding steroid dienone is 1. The van der Waals surface area contributed by atoms with Gasteiger partial charge in [-0.15, -0.1) is 0 Å². The molecule has 10 heteroatoms. The fourth-order valence-electron chi connectivity index (χ4n) is 6.85. The number of carbonyl (C=O) groups excluding carboxylic acids is 2. The fraction of sp³-hybridized carbons (Fsp3) is 0.455. The Morgan fingerprint density at radius 3 is 2.63 bits per heavy atom. The lowest BCUT2D eigenvalue weighted by molar-refractivity contribution is -0.182. The molecule has 1 saturated heterocycles. The summed E-state index contributed by atoms with van der Waals surface area (Å²) in [5, 5.41) is 28.2. The van der Waals surface area contributed by atoms with E-state index in [4.69, 9.17) is 9.57 Å². The van der Waals surface area contributed by atoms with E-state index in [-0.39, 0.29) is 36.4 Å². The lowest BCUT2D eigenvalue weighted by Gasteiger charge is -2.54. The van der Waals surface area contributed by atoms with Gasteiger partial charge in [0.15, 0.2) is 0 Å². The van der Waals surface area contributed by atoms with Gasteiger partial charge in [0.05, 0.1) is 32.4 Å². The number of fused-ring (bicyclic) bond motifs is 2. The quantitative estimate of drug-likeness (QED) is 0.302. The summed E-state index contributed by atoms with van der Waals surface area (Å²) in [6.45, 7) is 10.1. The number of methoxy groups -OCH3 is 1. The van der Waals surface area contributed by atoms with Crippen molar-refractivity contribution in [1.29, 1.82) is 0 Å². The summed E-state index contributed by atoms with van der Waals surface area (Å²) in [5.41, 5.74) is 5.09. The van der Waals surface area contributed by atoms with Crippen LogP contribution in [0, 0.1) is 17.3 Å². The number of rotatable bonds is 9. The van der Waals surface area contributed by atoms with Crippen molar-refractivity contribution in [2.45, 2.75) is 58.0 Å². The first-order chi connectivity index (χ1) is 20.4. The van der Waals surface area contributed by atoms with Crippen molar-refractivity contribution in [2.24, 2.45) is 17.3 Å². The molecule has 2 aromatic carbocycles. The Labute approximate surface area is 261 Å². The van der Waals surface area contributed by atoms with Crippen LogP contribution in [0.4, 0.5) is 0 Å². The predicted octanol–water partition coefficient (Wildman–Crippen LogP) is 3.99. The van der Waals surface area contributed by atoms with E-state index in [9.17, 15) is 19.8 Å². The second-order valence-corrected chi connectivity index (χ2v) is 13.1. The summed E-state index contributed by atoms with van der Waals surface area (Å²) in [6.07, 6.45) is 1.37. The molecule has 43 heavy (non-hydrogen) atoms. The zero-order valence-corrected chi connectivity index (χ0v) is 26.8. The lowest BCUT2D eigenvalue weighted by atomic mass is 9.52. The van der Waals surface area contributed by atoms with Crippen LogP contribution in [0.3, 0.4) is 0 Å². The van der Waals surface area contributed by atoms with Gasteiger partial charge in [-0.05, 0) is 54.0 Å². The summed E-state index contributed by atoms with van der Waals surface area (Å²) in [4.78, 5) is 32.5. The number of ether oxygens (including phenoxy) is 1. The molecule has 1 heterocycles. The second-order valence-electron chi connectivity index (χ2n) is 12.2. The van der Waals surface area contributed by atoms with Crippen molar-refractivity contribution < 1.29 is 29.4 Å². The molecule has 0 aromatic heterocycles. The number of carbonyl (C=O) groups is 2. The minimum Gasteiger partial charge on any atom is -0.496 e. The summed E-state index contributed by atoms with van der Waals surface area (Å²) < 4.78 is 6.62. The van der Waals surface area contributed by atoms with Gasteiger partial charge in [-0.3, -0.25) is 14.4 Å². The molecule has 4 aliphatic rings. The maximum absolute atomic E-state index is 14.0. The van der Waals surface area contributed by atoms with Gasteiger partial charge in [0.2, 0.25) is 5.91 Å². The number of nitrogens with zero attached hydrogens (tertiary/aromatic N) is 1. The second kappa shape index (κ2) is 12.2. The van der Waals surface area contributed by atoms with Gasteiger partial charge >= 0.3 is 0 Å². The Morgan fingerprint density at radius 1 is 1.28 bits per heavy atom. The van der Waals surface area contributed by atoms with Gasteiger partial charge in [0.25, 0.3) is 5.91 Å². The first kappa shape index (κ1) is 31.4. The van der Waals surface area contributed by atoms with Gasteiger partial charge in [0, 0.05) is 34.1 Å². The number of hydrogen-bond donors (Lipinski definition) is 4. The highest BCUT2D eigenvalue weighted by atomic mass is 79.9. The maximum atomic E-state index is 14.0. The molecule has 2 amide bonds. The fourth-order valence-corrected chi connectivity index (χ4v) is 7.34. The normalized spacial score (nSPS) is 26.7. The summed E-state index contributed by atoms with van der Waals surface area (Å²) in [6, 6.07) is 9.90. The monoisotopic (exact) mass is 653 g/mol. The van der Waals surface area contributed by atoms with Crippen molar-refractivity contribution in [2.75, 3.05) is 20.8 Å². The van der Waals surface area contributed by atoms with E-state index < -0.39 is 24.2 Å². The molecule has 3 aliphatic carbocycles. The third kappa shape index (κ3) is 5.67. The number of hydrogen-bond acceptors (Lipinski definition) is 7. The first-order valence-electron chi connectivity index (χ1n) is 14.5. The Bertz CT molecular complexity index is 1470. The molecule has 9 nitrogen and oxygen atoms in total. The van der Waals surface area contributed by atoms with E-state index in [1.54, 1.807) is 33.2 Å². The Morgan fingerprint density at radius 2 is 2.02 bits per heavy atom. The van der Waals surface area contributed by atoms with Crippen molar-refractivity contribution in [1.82, 2.24) is 15.7 Å². The number of nitrogens with one attached hydrogen (secondary N) is 2. The van der Waals surface area contributed by atoms with Crippen LogP contribution in [-0.4, -0.2) is 72.1 Å². The van der Waals surface area contributed by atoms with Crippen molar-refractivity contribution in [3.63, 3.8) is 0 Å². The molecule has 1 aliphatic heterocycles. The topological polar surface area (TPSA) is 120 Å². The molecule has 6 atom stereocenters. The maximum Gasteiger partial charge on any atom is 0.251 e. The van der Waals surface area contributed by atoms with Gasteiger partial charge in [-0.1, -0.05) is 66.2 Å². The van der Waals surface area contributed by atoms with Gasteiger partial charge in [-0.2, -0.15) is 5.06 Å². The largest absolute Gasteiger partial charge is 0.496 e. The molecule has 2 bridgehead atoms. The number of hydroxylamine groups is 2. The van der Waals surface area contributed by atoms with Crippen LogP contribution < -0.4 is 15.4 Å². The molecular weight excluding hydrogens is 614 g/mol. The van der Waals surface area contributed by atoms with Crippen LogP contribution in [0.1, 0.15) is 43.1 Å². The molecule has 4 N–H and O–H groups in total. The van der Waals surface area contributed by atoms with E-state index >= 15 is 0 Å². The average Bonchev–Trinajstić information content (AvgIpc) is 3.35. The molecule has 230 valence electrons. The van der Waals surface area contributed by atoms with E-state index in [0.29, 0.717) is 17.2 Å². The minimum atomic E-state index is -0.920. The smallest absolute Gasteiger partial charge is 0.251 e. The van der Waals surface area contributed by atoms with Crippen LogP contribution in [0.5, 0.6) is 5.75 Å². The number of aliphatic hydroxyl groups is 2.